The minimum atomic E-state index is 0.417. The summed E-state index contributed by atoms with van der Waals surface area (Å²) in [6, 6.07) is 0.417. The van der Waals surface area contributed by atoms with Gasteiger partial charge in [0.25, 0.3) is 0 Å². The third-order valence-electron chi connectivity index (χ3n) is 3.41. The second kappa shape index (κ2) is 7.57. The van der Waals surface area contributed by atoms with Gasteiger partial charge in [0.15, 0.2) is 0 Å². The van der Waals surface area contributed by atoms with Gasteiger partial charge in [-0.2, -0.15) is 5.10 Å². The number of nitrogens with zero attached hydrogens (tertiary/aromatic N) is 2. The van der Waals surface area contributed by atoms with E-state index in [-0.39, 0.29) is 0 Å². The maximum absolute atomic E-state index is 4.80. The summed E-state index contributed by atoms with van der Waals surface area (Å²) in [5, 5.41) is 8.40. The Morgan fingerprint density at radius 3 is 2.33 bits per heavy atom. The van der Waals surface area contributed by atoms with Crippen LogP contribution in [0.15, 0.2) is 0 Å². The monoisotopic (exact) mass is 251 g/mol. The van der Waals surface area contributed by atoms with E-state index >= 15 is 0 Å². The molecule has 1 heterocycles. The Morgan fingerprint density at radius 2 is 1.83 bits per heavy atom. The summed E-state index contributed by atoms with van der Waals surface area (Å²) < 4.78 is 2.22. The maximum Gasteiger partial charge on any atom is 0.0672 e. The zero-order valence-electron chi connectivity index (χ0n) is 12.7. The molecule has 1 rings (SSSR count). The van der Waals surface area contributed by atoms with Crippen LogP contribution in [0, 0.1) is 0 Å². The summed E-state index contributed by atoms with van der Waals surface area (Å²) in [6.45, 7) is 13.2. The van der Waals surface area contributed by atoms with E-state index in [1.807, 2.05) is 0 Å². The van der Waals surface area contributed by atoms with Crippen LogP contribution in [0.4, 0.5) is 0 Å². The molecule has 1 atom stereocenters. The second-order valence-electron chi connectivity index (χ2n) is 4.91. The summed E-state index contributed by atoms with van der Waals surface area (Å²) in [5.74, 6) is 0. The van der Waals surface area contributed by atoms with Crippen LogP contribution in [-0.2, 0) is 19.4 Å². The minimum Gasteiger partial charge on any atom is -0.310 e. The largest absolute Gasteiger partial charge is 0.310 e. The number of aromatic nitrogens is 2. The Labute approximate surface area is 112 Å². The van der Waals surface area contributed by atoms with Crippen LogP contribution in [0.2, 0.25) is 0 Å². The average molecular weight is 251 g/mol. The van der Waals surface area contributed by atoms with Crippen LogP contribution in [0.25, 0.3) is 0 Å². The van der Waals surface area contributed by atoms with Gasteiger partial charge in [0, 0.05) is 23.8 Å². The lowest BCUT2D eigenvalue weighted by Crippen LogP contribution is -2.21. The lowest BCUT2D eigenvalue weighted by Gasteiger charge is -2.16. The predicted molar refractivity (Wildman–Crippen MR) is 78.0 cm³/mol. The van der Waals surface area contributed by atoms with Crippen LogP contribution in [0.5, 0.6) is 0 Å². The molecule has 1 aromatic rings. The first-order valence-corrected chi connectivity index (χ1v) is 7.51. The van der Waals surface area contributed by atoms with Crippen molar-refractivity contribution in [3.05, 3.63) is 17.0 Å². The van der Waals surface area contributed by atoms with E-state index in [0.717, 1.165) is 32.4 Å². The highest BCUT2D eigenvalue weighted by Crippen LogP contribution is 2.24. The Kier molecular flexibility index (Phi) is 6.41. The van der Waals surface area contributed by atoms with Crippen molar-refractivity contribution in [1.29, 1.82) is 0 Å². The summed E-state index contributed by atoms with van der Waals surface area (Å²) in [5.41, 5.74) is 4.14. The van der Waals surface area contributed by atoms with Gasteiger partial charge in [-0.25, -0.2) is 0 Å². The molecule has 0 saturated carbocycles. The molecule has 0 spiro atoms. The highest BCUT2D eigenvalue weighted by molar-refractivity contribution is 5.30. The number of hydrogen-bond acceptors (Lipinski definition) is 2. The molecular weight excluding hydrogens is 222 g/mol. The standard InChI is InChI=1S/C15H29N3/c1-6-10-16-12(5)15-13(8-3)17-18(11-7-2)14(15)9-4/h12,16H,6-11H2,1-5H3. The van der Waals surface area contributed by atoms with Gasteiger partial charge in [-0.15, -0.1) is 0 Å². The first kappa shape index (κ1) is 15.2. The van der Waals surface area contributed by atoms with Gasteiger partial charge in [0.2, 0.25) is 0 Å². The van der Waals surface area contributed by atoms with Gasteiger partial charge in [0.05, 0.1) is 5.69 Å². The van der Waals surface area contributed by atoms with Crippen molar-refractivity contribution in [2.45, 2.75) is 72.9 Å². The Morgan fingerprint density at radius 1 is 1.11 bits per heavy atom. The van der Waals surface area contributed by atoms with Crippen molar-refractivity contribution in [2.24, 2.45) is 0 Å². The number of nitrogens with one attached hydrogen (secondary N) is 1. The maximum atomic E-state index is 4.80. The SMILES string of the molecule is CCCNC(C)c1c(CC)nn(CCC)c1CC. The van der Waals surface area contributed by atoms with Crippen molar-refractivity contribution in [2.75, 3.05) is 6.54 Å². The van der Waals surface area contributed by atoms with E-state index in [9.17, 15) is 0 Å². The van der Waals surface area contributed by atoms with Crippen molar-refractivity contribution in [3.8, 4) is 0 Å². The molecule has 3 heteroatoms. The van der Waals surface area contributed by atoms with Crippen molar-refractivity contribution >= 4 is 0 Å². The normalized spacial score (nSPS) is 12.9. The predicted octanol–water partition coefficient (Wildman–Crippen LogP) is 3.48. The van der Waals surface area contributed by atoms with Crippen LogP contribution in [-0.4, -0.2) is 16.3 Å². The molecular formula is C15H29N3. The van der Waals surface area contributed by atoms with Crippen LogP contribution < -0.4 is 5.32 Å². The molecule has 0 fully saturated rings. The quantitative estimate of drug-likeness (QED) is 0.766. The minimum absolute atomic E-state index is 0.417. The lowest BCUT2D eigenvalue weighted by atomic mass is 10.0. The zero-order chi connectivity index (χ0) is 13.5. The van der Waals surface area contributed by atoms with Crippen molar-refractivity contribution < 1.29 is 0 Å². The van der Waals surface area contributed by atoms with Crippen LogP contribution >= 0.6 is 0 Å². The van der Waals surface area contributed by atoms with Gasteiger partial charge >= 0.3 is 0 Å². The molecule has 0 aromatic carbocycles. The zero-order valence-corrected chi connectivity index (χ0v) is 12.7. The van der Waals surface area contributed by atoms with E-state index < -0.39 is 0 Å². The van der Waals surface area contributed by atoms with Crippen LogP contribution in [0.3, 0.4) is 0 Å². The summed E-state index contributed by atoms with van der Waals surface area (Å²) in [7, 11) is 0. The molecule has 104 valence electrons. The van der Waals surface area contributed by atoms with Gasteiger partial charge < -0.3 is 5.32 Å². The Balaban J connectivity index is 3.05. The first-order valence-electron chi connectivity index (χ1n) is 7.51. The molecule has 3 nitrogen and oxygen atoms in total. The summed E-state index contributed by atoms with van der Waals surface area (Å²) in [4.78, 5) is 0. The van der Waals surface area contributed by atoms with Gasteiger partial charge in [0.1, 0.15) is 0 Å². The molecule has 0 aliphatic heterocycles. The summed E-state index contributed by atoms with van der Waals surface area (Å²) >= 11 is 0. The molecule has 0 saturated heterocycles. The van der Waals surface area contributed by atoms with Gasteiger partial charge in [-0.3, -0.25) is 4.68 Å². The smallest absolute Gasteiger partial charge is 0.0672 e. The van der Waals surface area contributed by atoms with E-state index in [0.29, 0.717) is 6.04 Å². The highest BCUT2D eigenvalue weighted by Gasteiger charge is 2.19. The molecule has 1 unspecified atom stereocenters. The van der Waals surface area contributed by atoms with E-state index in [1.54, 1.807) is 0 Å². The first-order chi connectivity index (χ1) is 8.69. The van der Waals surface area contributed by atoms with Gasteiger partial charge in [-0.1, -0.05) is 27.7 Å². The molecule has 0 aliphatic rings. The number of rotatable bonds is 8. The number of aryl methyl sites for hydroxylation is 2. The fourth-order valence-corrected chi connectivity index (χ4v) is 2.56. The van der Waals surface area contributed by atoms with Crippen molar-refractivity contribution in [3.63, 3.8) is 0 Å². The molecule has 18 heavy (non-hydrogen) atoms. The van der Waals surface area contributed by atoms with Gasteiger partial charge in [-0.05, 0) is 39.2 Å². The fourth-order valence-electron chi connectivity index (χ4n) is 2.56. The lowest BCUT2D eigenvalue weighted by molar-refractivity contribution is 0.551. The second-order valence-corrected chi connectivity index (χ2v) is 4.91. The van der Waals surface area contributed by atoms with E-state index in [1.165, 1.54) is 23.4 Å². The van der Waals surface area contributed by atoms with Crippen molar-refractivity contribution in [1.82, 2.24) is 15.1 Å². The third kappa shape index (κ3) is 3.35. The average Bonchev–Trinajstić information content (AvgIpc) is 2.74. The topological polar surface area (TPSA) is 29.9 Å². The van der Waals surface area contributed by atoms with E-state index in [4.69, 9.17) is 5.10 Å². The Bertz CT molecular complexity index is 355. The number of hydrogen-bond donors (Lipinski definition) is 1. The molecule has 0 bridgehead atoms. The summed E-state index contributed by atoms with van der Waals surface area (Å²) in [6.07, 6.45) is 4.42. The highest BCUT2D eigenvalue weighted by atomic mass is 15.3. The van der Waals surface area contributed by atoms with E-state index in [2.05, 4.69) is 44.6 Å². The molecule has 0 aliphatic carbocycles. The molecule has 1 N–H and O–H groups in total. The molecule has 1 aromatic heterocycles. The molecule has 0 amide bonds. The molecule has 0 radical (unpaired) electrons. The Hall–Kier alpha value is -0.830. The fraction of sp³-hybridized carbons (Fsp3) is 0.800. The van der Waals surface area contributed by atoms with Crippen LogP contribution in [0.1, 0.15) is 70.5 Å². The third-order valence-corrected chi connectivity index (χ3v) is 3.41.